The van der Waals surface area contributed by atoms with Crippen molar-refractivity contribution in [2.75, 3.05) is 4.90 Å². The number of hydrogen-bond donors (Lipinski definition) is 0. The van der Waals surface area contributed by atoms with Gasteiger partial charge < -0.3 is 27.7 Å². The van der Waals surface area contributed by atoms with Crippen LogP contribution in [0.3, 0.4) is 0 Å². The molecule has 6 nitrogen and oxygen atoms in total. The summed E-state index contributed by atoms with van der Waals surface area (Å²) in [6, 6.07) is 124. The average molecular weight is 1370 g/mol. The third-order valence-electron chi connectivity index (χ3n) is 23.9. The molecule has 0 bridgehead atoms. The molecule has 510 valence electrons. The lowest BCUT2D eigenvalue weighted by molar-refractivity contribution is 0.646. The average Bonchev–Trinajstić information content (AvgIpc) is 1.53. The Hall–Kier alpha value is -13.2. The molecule has 7 heterocycles. The first-order valence-corrected chi connectivity index (χ1v) is 37.5. The first kappa shape index (κ1) is 62.4. The van der Waals surface area contributed by atoms with Gasteiger partial charge in [0.25, 0.3) is 0 Å². The summed E-state index contributed by atoms with van der Waals surface area (Å²) in [5.41, 5.74) is 34.6. The summed E-state index contributed by atoms with van der Waals surface area (Å²) in [7, 11) is 0. The molecule has 0 saturated heterocycles. The quantitative estimate of drug-likeness (QED) is 0.142. The van der Waals surface area contributed by atoms with Crippen molar-refractivity contribution in [2.24, 2.45) is 0 Å². The number of aromatic nitrogens is 5. The van der Waals surface area contributed by atoms with Crippen molar-refractivity contribution in [2.45, 2.75) is 57.8 Å². The van der Waals surface area contributed by atoms with Crippen LogP contribution in [0.1, 0.15) is 75.2 Å². The lowest BCUT2D eigenvalue weighted by Crippen LogP contribution is -2.17. The molecule has 14 aromatic carbocycles. The zero-order chi connectivity index (χ0) is 71.6. The van der Waals surface area contributed by atoms with Crippen molar-refractivity contribution < 1.29 is 0 Å². The SMILES string of the molecule is CC1(C)c2cc(N(c3ccc(-c4ccccc4)cc3)c3ccc(-c4ccccc4)cc3)ccc2-c2ccc(-n3c4ccccc4c4cn5c(c43)C(C)(C)c3ccccc3-5)cc21.CC1(C)c2ccccc2-n2cc3c4ccccc4n(-c4ccc(-c5ccc(-n6c7ccccc7c7ccccc76)cc5)cc4)c3c21. The highest BCUT2D eigenvalue weighted by Crippen LogP contribution is 2.55. The van der Waals surface area contributed by atoms with Crippen LogP contribution >= 0.6 is 0 Å². The largest absolute Gasteiger partial charge is 0.317 e. The first-order chi connectivity index (χ1) is 52.4. The molecule has 0 atom stereocenters. The maximum atomic E-state index is 2.54. The highest BCUT2D eigenvalue weighted by molar-refractivity contribution is 6.13. The minimum Gasteiger partial charge on any atom is -0.317 e. The molecule has 0 amide bonds. The molecular weight excluding hydrogens is 1300 g/mol. The number of rotatable bonds is 9. The Morgan fingerprint density at radius 3 is 1.00 bits per heavy atom. The number of benzene rings is 14. The van der Waals surface area contributed by atoms with Crippen LogP contribution in [0, 0.1) is 0 Å². The van der Waals surface area contributed by atoms with Crippen molar-refractivity contribution in [3.63, 3.8) is 0 Å². The van der Waals surface area contributed by atoms with Gasteiger partial charge in [-0.3, -0.25) is 0 Å². The van der Waals surface area contributed by atoms with E-state index in [1.54, 1.807) is 0 Å². The van der Waals surface area contributed by atoms with Gasteiger partial charge in [0.05, 0.1) is 44.5 Å². The molecule has 5 aromatic heterocycles. The fourth-order valence-corrected chi connectivity index (χ4v) is 18.8. The second kappa shape index (κ2) is 23.4. The van der Waals surface area contributed by atoms with Crippen LogP contribution in [0.25, 0.3) is 138 Å². The predicted molar refractivity (Wildman–Crippen MR) is 447 cm³/mol. The fourth-order valence-electron chi connectivity index (χ4n) is 18.8. The fraction of sp³-hybridized carbons (Fsp3) is 0.0891. The van der Waals surface area contributed by atoms with Crippen LogP contribution in [0.15, 0.2) is 352 Å². The minimum absolute atomic E-state index is 0.109. The highest BCUT2D eigenvalue weighted by Gasteiger charge is 2.42. The Morgan fingerprint density at radius 1 is 0.234 bits per heavy atom. The van der Waals surface area contributed by atoms with Gasteiger partial charge in [0.1, 0.15) is 0 Å². The van der Waals surface area contributed by atoms with Crippen LogP contribution in [-0.2, 0) is 16.2 Å². The van der Waals surface area contributed by atoms with E-state index >= 15 is 0 Å². The monoisotopic (exact) mass is 1370 g/mol. The van der Waals surface area contributed by atoms with E-state index in [0.717, 1.165) is 17.1 Å². The van der Waals surface area contributed by atoms with Crippen LogP contribution in [0.4, 0.5) is 17.1 Å². The molecule has 107 heavy (non-hydrogen) atoms. The highest BCUT2D eigenvalue weighted by atomic mass is 15.1. The second-order valence-corrected chi connectivity index (χ2v) is 30.9. The summed E-state index contributed by atoms with van der Waals surface area (Å²) >= 11 is 0. The van der Waals surface area contributed by atoms with Gasteiger partial charge in [0.2, 0.25) is 0 Å². The number of anilines is 3. The Kier molecular flexibility index (Phi) is 13.7. The number of para-hydroxylation sites is 6. The van der Waals surface area contributed by atoms with E-state index in [2.05, 4.69) is 421 Å². The number of nitrogens with zero attached hydrogens (tertiary/aromatic N) is 6. The van der Waals surface area contributed by atoms with Gasteiger partial charge in [0.15, 0.2) is 0 Å². The van der Waals surface area contributed by atoms with Crippen LogP contribution < -0.4 is 4.90 Å². The third kappa shape index (κ3) is 9.31. The molecule has 0 N–H and O–H groups in total. The molecular formula is C101H76N6. The molecule has 1 aliphatic carbocycles. The molecule has 6 heteroatoms. The molecule has 0 fully saturated rings. The van der Waals surface area contributed by atoms with Gasteiger partial charge in [0, 0.05) is 106 Å². The smallest absolute Gasteiger partial charge is 0.0763 e. The number of fused-ring (bicyclic) bond motifs is 20. The summed E-state index contributed by atoms with van der Waals surface area (Å²) < 4.78 is 12.3. The Morgan fingerprint density at radius 2 is 0.551 bits per heavy atom. The normalized spacial score (nSPS) is 13.9. The van der Waals surface area contributed by atoms with Gasteiger partial charge >= 0.3 is 0 Å². The lowest BCUT2D eigenvalue weighted by Gasteiger charge is -2.28. The van der Waals surface area contributed by atoms with Crippen molar-refractivity contribution >= 4 is 82.5 Å². The molecule has 0 unspecified atom stereocenters. The zero-order valence-electron chi connectivity index (χ0n) is 60.7. The van der Waals surface area contributed by atoms with Gasteiger partial charge in [-0.2, -0.15) is 0 Å². The Bertz CT molecular complexity index is 6650. The predicted octanol–water partition coefficient (Wildman–Crippen LogP) is 26.3. The van der Waals surface area contributed by atoms with E-state index in [1.807, 2.05) is 0 Å². The lowest BCUT2D eigenvalue weighted by atomic mass is 9.82. The Balaban J connectivity index is 0.000000142. The van der Waals surface area contributed by atoms with Crippen molar-refractivity contribution in [1.82, 2.24) is 22.8 Å². The summed E-state index contributed by atoms with van der Waals surface area (Å²) in [6.07, 6.45) is 4.73. The first-order valence-electron chi connectivity index (χ1n) is 37.5. The van der Waals surface area contributed by atoms with Crippen LogP contribution in [-0.4, -0.2) is 22.8 Å². The maximum Gasteiger partial charge on any atom is 0.0763 e. The molecule has 0 radical (unpaired) electrons. The number of hydrogen-bond acceptors (Lipinski definition) is 1. The zero-order valence-corrected chi connectivity index (χ0v) is 60.7. The van der Waals surface area contributed by atoms with E-state index in [4.69, 9.17) is 0 Å². The van der Waals surface area contributed by atoms with Crippen LogP contribution in [0.2, 0.25) is 0 Å². The van der Waals surface area contributed by atoms with Gasteiger partial charge in [-0.15, -0.1) is 0 Å². The summed E-state index contributed by atoms with van der Waals surface area (Å²) in [5, 5.41) is 7.75. The molecule has 19 aromatic rings. The molecule has 2 aliphatic heterocycles. The van der Waals surface area contributed by atoms with Crippen molar-refractivity contribution in [1.29, 1.82) is 0 Å². The van der Waals surface area contributed by atoms with E-state index in [0.29, 0.717) is 0 Å². The second-order valence-electron chi connectivity index (χ2n) is 30.9. The molecule has 0 spiro atoms. The van der Waals surface area contributed by atoms with Gasteiger partial charge in [-0.1, -0.05) is 272 Å². The standard InChI is InChI=1S/C58H45N3.C43H31N3/c1-57(2)51-35-44(60(42-27-23-40(24-28-42)38-15-7-5-8-16-38)43-29-25-41(26-30-43)39-17-9-6-10-18-39)31-33-46(51)47-34-32-45(36-52(47)57)61-53-21-13-11-19-48(53)49-37-59-54-22-14-12-20-50(54)58(3,4)56(59)55(49)61;1-43(2)36-14-6-10-18-40(36)44-27-35-34-13-5-9-17-39(34)46(41(35)42(43)44)31-25-21-29(22-26-31)28-19-23-30(24-20-28)45-37-15-7-3-11-32(37)33-12-4-8-16-38(33)45/h5-37H,1-4H3;3-27H,1-2H3. The van der Waals surface area contributed by atoms with E-state index in [9.17, 15) is 0 Å². The molecule has 3 aliphatic rings. The topological polar surface area (TPSA) is 27.9 Å². The minimum atomic E-state index is -0.239. The van der Waals surface area contributed by atoms with Crippen molar-refractivity contribution in [3.8, 4) is 72.9 Å². The van der Waals surface area contributed by atoms with Gasteiger partial charge in [-0.25, -0.2) is 0 Å². The summed E-state index contributed by atoms with van der Waals surface area (Å²) in [5.74, 6) is 0. The van der Waals surface area contributed by atoms with Gasteiger partial charge in [-0.05, 0) is 176 Å². The van der Waals surface area contributed by atoms with E-state index in [1.165, 1.54) is 172 Å². The van der Waals surface area contributed by atoms with Crippen molar-refractivity contribution in [3.05, 3.63) is 386 Å². The van der Waals surface area contributed by atoms with Crippen LogP contribution in [0.5, 0.6) is 0 Å². The van der Waals surface area contributed by atoms with E-state index < -0.39 is 0 Å². The maximum absolute atomic E-state index is 2.54. The summed E-state index contributed by atoms with van der Waals surface area (Å²) in [4.78, 5) is 2.41. The van der Waals surface area contributed by atoms with E-state index in [-0.39, 0.29) is 16.2 Å². The third-order valence-corrected chi connectivity index (χ3v) is 23.9. The Labute approximate surface area is 622 Å². The summed E-state index contributed by atoms with van der Waals surface area (Å²) in [6.45, 7) is 14.3. The molecule has 22 rings (SSSR count). The molecule has 0 saturated carbocycles.